The van der Waals surface area contributed by atoms with Crippen LogP contribution in [-0.4, -0.2) is 6.04 Å². The van der Waals surface area contributed by atoms with Crippen molar-refractivity contribution >= 4 is 23.1 Å². The summed E-state index contributed by atoms with van der Waals surface area (Å²) in [6.45, 7) is 5.30. The third-order valence-electron chi connectivity index (χ3n) is 2.57. The van der Waals surface area contributed by atoms with Crippen LogP contribution < -0.4 is 5.32 Å². The van der Waals surface area contributed by atoms with Gasteiger partial charge < -0.3 is 5.32 Å². The number of thioether (sulfide) groups is 1. The lowest BCUT2D eigenvalue weighted by Gasteiger charge is -2.09. The van der Waals surface area contributed by atoms with E-state index in [-0.39, 0.29) is 0 Å². The van der Waals surface area contributed by atoms with Crippen LogP contribution in [0.25, 0.3) is 0 Å². The van der Waals surface area contributed by atoms with Gasteiger partial charge in [-0.15, -0.1) is 23.1 Å². The molecule has 0 amide bonds. The van der Waals surface area contributed by atoms with E-state index in [1.54, 1.807) is 0 Å². The molecule has 0 aliphatic carbocycles. The predicted octanol–water partition coefficient (Wildman–Crippen LogP) is 4.54. The molecule has 1 nitrogen and oxygen atoms in total. The number of nitrogens with one attached hydrogen (secondary N) is 1. The van der Waals surface area contributed by atoms with Gasteiger partial charge in [0.2, 0.25) is 0 Å². The molecule has 0 radical (unpaired) electrons. The third kappa shape index (κ3) is 4.48. The van der Waals surface area contributed by atoms with Crippen LogP contribution in [-0.2, 0) is 12.3 Å². The molecule has 3 heteroatoms. The summed E-state index contributed by atoms with van der Waals surface area (Å²) in [5.41, 5.74) is 1.36. The SMILES string of the molecule is CC(C)NCc1cccc(SCc2cccs2)c1. The molecule has 0 atom stereocenters. The number of thiophene rings is 1. The first kappa shape index (κ1) is 13.7. The summed E-state index contributed by atoms with van der Waals surface area (Å²) >= 11 is 3.74. The molecule has 2 rings (SSSR count). The Morgan fingerprint density at radius 1 is 1.22 bits per heavy atom. The molecule has 0 saturated heterocycles. The number of benzene rings is 1. The van der Waals surface area contributed by atoms with E-state index >= 15 is 0 Å². The molecule has 0 saturated carbocycles. The first-order valence-electron chi connectivity index (χ1n) is 6.21. The topological polar surface area (TPSA) is 12.0 Å². The van der Waals surface area contributed by atoms with Crippen molar-refractivity contribution in [2.45, 2.75) is 37.1 Å². The summed E-state index contributed by atoms with van der Waals surface area (Å²) in [6.07, 6.45) is 0. The zero-order valence-electron chi connectivity index (χ0n) is 10.8. The molecule has 1 heterocycles. The molecule has 0 unspecified atom stereocenters. The Balaban J connectivity index is 1.90. The predicted molar refractivity (Wildman–Crippen MR) is 82.3 cm³/mol. The lowest BCUT2D eigenvalue weighted by atomic mass is 10.2. The van der Waals surface area contributed by atoms with Crippen LogP contribution in [0.3, 0.4) is 0 Å². The summed E-state index contributed by atoms with van der Waals surface area (Å²) in [6, 6.07) is 13.7. The molecule has 1 aromatic heterocycles. The normalized spacial score (nSPS) is 11.1. The van der Waals surface area contributed by atoms with E-state index in [2.05, 4.69) is 60.9 Å². The first-order valence-corrected chi connectivity index (χ1v) is 8.08. The van der Waals surface area contributed by atoms with Crippen molar-refractivity contribution < 1.29 is 0 Å². The summed E-state index contributed by atoms with van der Waals surface area (Å²) in [4.78, 5) is 2.79. The molecule has 0 fully saturated rings. The Bertz CT molecular complexity index is 463. The molecule has 18 heavy (non-hydrogen) atoms. The Morgan fingerprint density at radius 3 is 2.83 bits per heavy atom. The quantitative estimate of drug-likeness (QED) is 0.778. The summed E-state index contributed by atoms with van der Waals surface area (Å²) in [5.74, 6) is 1.07. The molecular formula is C15H19NS2. The van der Waals surface area contributed by atoms with E-state index in [1.807, 2.05) is 23.1 Å². The lowest BCUT2D eigenvalue weighted by Crippen LogP contribution is -2.21. The lowest BCUT2D eigenvalue weighted by molar-refractivity contribution is 0.588. The molecule has 1 N–H and O–H groups in total. The van der Waals surface area contributed by atoms with Gasteiger partial charge in [0.05, 0.1) is 0 Å². The highest BCUT2D eigenvalue weighted by Crippen LogP contribution is 2.25. The number of rotatable bonds is 6. The largest absolute Gasteiger partial charge is 0.310 e. The van der Waals surface area contributed by atoms with Gasteiger partial charge >= 0.3 is 0 Å². The number of hydrogen-bond donors (Lipinski definition) is 1. The summed E-state index contributed by atoms with van der Waals surface area (Å²) < 4.78 is 0. The fraction of sp³-hybridized carbons (Fsp3) is 0.333. The van der Waals surface area contributed by atoms with Crippen LogP contribution in [0.1, 0.15) is 24.3 Å². The molecule has 0 spiro atoms. The van der Waals surface area contributed by atoms with Crippen LogP contribution in [0.15, 0.2) is 46.7 Å². The number of hydrogen-bond acceptors (Lipinski definition) is 3. The van der Waals surface area contributed by atoms with E-state index in [0.717, 1.165) is 12.3 Å². The standard InChI is InChI=1S/C15H19NS2/c1-12(2)16-10-13-5-3-6-14(9-13)18-11-15-7-4-8-17-15/h3-9,12,16H,10-11H2,1-2H3. The second kappa shape index (κ2) is 6.98. The first-order chi connectivity index (χ1) is 8.74. The Hall–Kier alpha value is -0.770. The van der Waals surface area contributed by atoms with Crippen molar-refractivity contribution in [2.75, 3.05) is 0 Å². The van der Waals surface area contributed by atoms with Crippen molar-refractivity contribution in [3.63, 3.8) is 0 Å². The molecule has 0 bridgehead atoms. The van der Waals surface area contributed by atoms with Crippen molar-refractivity contribution in [1.82, 2.24) is 5.32 Å². The van der Waals surface area contributed by atoms with Crippen LogP contribution in [0, 0.1) is 0 Å². The van der Waals surface area contributed by atoms with Gasteiger partial charge in [0.25, 0.3) is 0 Å². The zero-order chi connectivity index (χ0) is 12.8. The Kier molecular flexibility index (Phi) is 5.29. The zero-order valence-corrected chi connectivity index (χ0v) is 12.5. The minimum absolute atomic E-state index is 0.535. The molecule has 0 aliphatic heterocycles. The van der Waals surface area contributed by atoms with Crippen LogP contribution >= 0.6 is 23.1 Å². The molecule has 96 valence electrons. The van der Waals surface area contributed by atoms with E-state index in [4.69, 9.17) is 0 Å². The summed E-state index contributed by atoms with van der Waals surface area (Å²) in [7, 11) is 0. The Morgan fingerprint density at radius 2 is 2.11 bits per heavy atom. The summed E-state index contributed by atoms with van der Waals surface area (Å²) in [5, 5.41) is 5.59. The Labute approximate surface area is 118 Å². The van der Waals surface area contributed by atoms with Crippen LogP contribution in [0.2, 0.25) is 0 Å². The van der Waals surface area contributed by atoms with E-state index in [9.17, 15) is 0 Å². The fourth-order valence-corrected chi connectivity index (χ4v) is 3.37. The van der Waals surface area contributed by atoms with Gasteiger partial charge in [-0.25, -0.2) is 0 Å². The molecular weight excluding hydrogens is 258 g/mol. The minimum atomic E-state index is 0.535. The monoisotopic (exact) mass is 277 g/mol. The van der Waals surface area contributed by atoms with E-state index < -0.39 is 0 Å². The smallest absolute Gasteiger partial charge is 0.0326 e. The molecule has 2 aromatic rings. The maximum Gasteiger partial charge on any atom is 0.0326 e. The third-order valence-corrected chi connectivity index (χ3v) is 4.68. The highest BCUT2D eigenvalue weighted by Gasteiger charge is 2.00. The van der Waals surface area contributed by atoms with Crippen molar-refractivity contribution in [3.05, 3.63) is 52.2 Å². The second-order valence-electron chi connectivity index (χ2n) is 4.55. The average Bonchev–Trinajstić information content (AvgIpc) is 2.87. The highest BCUT2D eigenvalue weighted by molar-refractivity contribution is 7.98. The van der Waals surface area contributed by atoms with Crippen LogP contribution in [0.5, 0.6) is 0 Å². The van der Waals surface area contributed by atoms with Crippen molar-refractivity contribution in [1.29, 1.82) is 0 Å². The van der Waals surface area contributed by atoms with Gasteiger partial charge in [-0.2, -0.15) is 0 Å². The average molecular weight is 277 g/mol. The van der Waals surface area contributed by atoms with E-state index in [1.165, 1.54) is 15.3 Å². The second-order valence-corrected chi connectivity index (χ2v) is 6.63. The fourth-order valence-electron chi connectivity index (χ4n) is 1.62. The molecule has 1 aromatic carbocycles. The van der Waals surface area contributed by atoms with Crippen molar-refractivity contribution in [2.24, 2.45) is 0 Å². The van der Waals surface area contributed by atoms with Gasteiger partial charge in [-0.05, 0) is 29.1 Å². The van der Waals surface area contributed by atoms with E-state index in [0.29, 0.717) is 6.04 Å². The van der Waals surface area contributed by atoms with Gasteiger partial charge in [-0.1, -0.05) is 32.0 Å². The van der Waals surface area contributed by atoms with Crippen molar-refractivity contribution in [3.8, 4) is 0 Å². The maximum atomic E-state index is 3.45. The van der Waals surface area contributed by atoms with Gasteiger partial charge in [-0.3, -0.25) is 0 Å². The molecule has 0 aliphatic rings. The minimum Gasteiger partial charge on any atom is -0.310 e. The van der Waals surface area contributed by atoms with Gasteiger partial charge in [0, 0.05) is 28.1 Å². The van der Waals surface area contributed by atoms with Gasteiger partial charge in [0.15, 0.2) is 0 Å². The highest BCUT2D eigenvalue weighted by atomic mass is 32.2. The maximum absolute atomic E-state index is 3.45. The van der Waals surface area contributed by atoms with Crippen LogP contribution in [0.4, 0.5) is 0 Å². The van der Waals surface area contributed by atoms with Gasteiger partial charge in [0.1, 0.15) is 0 Å².